The predicted molar refractivity (Wildman–Crippen MR) is 68.8 cm³/mol. The topological polar surface area (TPSA) is 37.3 Å². The van der Waals surface area contributed by atoms with Gasteiger partial charge in [0, 0.05) is 11.1 Å². The van der Waals surface area contributed by atoms with Gasteiger partial charge in [0.2, 0.25) is 0 Å². The van der Waals surface area contributed by atoms with Gasteiger partial charge in [0.05, 0.1) is 15.6 Å². The van der Waals surface area contributed by atoms with Gasteiger partial charge in [-0.05, 0) is 12.1 Å². The van der Waals surface area contributed by atoms with E-state index in [1.165, 1.54) is 18.2 Å². The van der Waals surface area contributed by atoms with Crippen LogP contribution in [0, 0.1) is 5.82 Å². The molecule has 0 saturated carbocycles. The van der Waals surface area contributed by atoms with Gasteiger partial charge in [-0.15, -0.1) is 0 Å². The highest BCUT2D eigenvalue weighted by molar-refractivity contribution is 6.43. The molecule has 2 rings (SSSR count). The number of hydrogen-bond donors (Lipinski definition) is 1. The van der Waals surface area contributed by atoms with Crippen LogP contribution in [0.25, 0.3) is 11.1 Å². The number of carboxylic acid groups (broad SMARTS) is 1. The number of aromatic carboxylic acids is 1. The summed E-state index contributed by atoms with van der Waals surface area (Å²) in [7, 11) is 0. The number of rotatable bonds is 2. The van der Waals surface area contributed by atoms with Crippen molar-refractivity contribution in [3.63, 3.8) is 0 Å². The largest absolute Gasteiger partial charge is 0.478 e. The smallest absolute Gasteiger partial charge is 0.338 e. The van der Waals surface area contributed by atoms with Gasteiger partial charge < -0.3 is 5.11 Å². The van der Waals surface area contributed by atoms with E-state index in [1.807, 2.05) is 0 Å². The molecule has 92 valence electrons. The quantitative estimate of drug-likeness (QED) is 0.882. The first-order chi connectivity index (χ1) is 8.52. The Morgan fingerprint density at radius 3 is 2.33 bits per heavy atom. The van der Waals surface area contributed by atoms with E-state index in [-0.39, 0.29) is 15.6 Å². The zero-order chi connectivity index (χ0) is 13.3. The second kappa shape index (κ2) is 4.96. The molecule has 0 atom stereocenters. The molecule has 0 radical (unpaired) electrons. The Morgan fingerprint density at radius 2 is 1.67 bits per heavy atom. The molecule has 2 nitrogen and oxygen atoms in total. The maximum absolute atomic E-state index is 14.0. The molecule has 0 heterocycles. The highest BCUT2D eigenvalue weighted by atomic mass is 35.5. The van der Waals surface area contributed by atoms with Crippen molar-refractivity contribution in [2.24, 2.45) is 0 Å². The summed E-state index contributed by atoms with van der Waals surface area (Å²) in [5, 5.41) is 9.34. The first-order valence-corrected chi connectivity index (χ1v) is 5.74. The average Bonchev–Trinajstić information content (AvgIpc) is 2.33. The fourth-order valence-electron chi connectivity index (χ4n) is 1.62. The molecule has 0 spiro atoms. The van der Waals surface area contributed by atoms with Crippen LogP contribution in [0.5, 0.6) is 0 Å². The molecule has 5 heteroatoms. The summed E-state index contributed by atoms with van der Waals surface area (Å²) in [5.41, 5.74) is 0.0794. The molecule has 2 aromatic rings. The summed E-state index contributed by atoms with van der Waals surface area (Å²) in [5.74, 6) is -2.15. The third kappa shape index (κ3) is 2.19. The molecule has 18 heavy (non-hydrogen) atoms. The molecule has 0 amide bonds. The van der Waals surface area contributed by atoms with E-state index >= 15 is 0 Å². The first kappa shape index (κ1) is 12.9. The van der Waals surface area contributed by atoms with Crippen LogP contribution in [-0.4, -0.2) is 11.1 Å². The molecule has 1 N–H and O–H groups in total. The molecule has 0 saturated heterocycles. The summed E-state index contributed by atoms with van der Waals surface area (Å²) < 4.78 is 14.0. The molecular formula is C13H7Cl2FO2. The Labute approximate surface area is 113 Å². The fraction of sp³-hybridized carbons (Fsp3) is 0. The van der Waals surface area contributed by atoms with Gasteiger partial charge in [-0.25, -0.2) is 9.18 Å². The van der Waals surface area contributed by atoms with Gasteiger partial charge in [-0.3, -0.25) is 0 Å². The number of carbonyl (C=O) groups is 1. The molecule has 0 unspecified atom stereocenters. The molecule has 0 fully saturated rings. The summed E-state index contributed by atoms with van der Waals surface area (Å²) >= 11 is 11.8. The van der Waals surface area contributed by atoms with Crippen molar-refractivity contribution < 1.29 is 14.3 Å². The number of hydrogen-bond acceptors (Lipinski definition) is 1. The van der Waals surface area contributed by atoms with Crippen molar-refractivity contribution in [1.82, 2.24) is 0 Å². The van der Waals surface area contributed by atoms with E-state index in [0.29, 0.717) is 5.56 Å². The van der Waals surface area contributed by atoms with E-state index in [2.05, 4.69) is 0 Å². The zero-order valence-electron chi connectivity index (χ0n) is 8.95. The zero-order valence-corrected chi connectivity index (χ0v) is 10.5. The van der Waals surface area contributed by atoms with Gasteiger partial charge in [0.1, 0.15) is 5.82 Å². The van der Waals surface area contributed by atoms with Gasteiger partial charge in [0.15, 0.2) is 0 Å². The lowest BCUT2D eigenvalue weighted by Crippen LogP contribution is -2.01. The molecule has 0 bridgehead atoms. The number of carboxylic acids is 1. The molecule has 2 aromatic carbocycles. The third-order valence-electron chi connectivity index (χ3n) is 2.47. The van der Waals surface area contributed by atoms with Crippen molar-refractivity contribution in [2.75, 3.05) is 0 Å². The van der Waals surface area contributed by atoms with E-state index in [1.54, 1.807) is 18.2 Å². The van der Waals surface area contributed by atoms with E-state index in [9.17, 15) is 9.18 Å². The Balaban J connectivity index is 2.69. The van der Waals surface area contributed by atoms with Crippen LogP contribution in [0.15, 0.2) is 36.4 Å². The highest BCUT2D eigenvalue weighted by Crippen LogP contribution is 2.35. The van der Waals surface area contributed by atoms with Crippen LogP contribution in [0.4, 0.5) is 4.39 Å². The Hall–Kier alpha value is -1.58. The Morgan fingerprint density at radius 1 is 1.06 bits per heavy atom. The lowest BCUT2D eigenvalue weighted by molar-refractivity contribution is 0.0692. The monoisotopic (exact) mass is 284 g/mol. The van der Waals surface area contributed by atoms with Crippen LogP contribution in [0.2, 0.25) is 10.0 Å². The second-order valence-electron chi connectivity index (χ2n) is 3.57. The molecule has 0 aliphatic rings. The SMILES string of the molecule is O=C(O)c1cccc(-c2cccc(Cl)c2Cl)c1F. The number of benzene rings is 2. The summed E-state index contributed by atoms with van der Waals surface area (Å²) in [4.78, 5) is 10.9. The highest BCUT2D eigenvalue weighted by Gasteiger charge is 2.17. The number of halogens is 3. The molecule has 0 aliphatic heterocycles. The lowest BCUT2D eigenvalue weighted by atomic mass is 10.0. The van der Waals surface area contributed by atoms with Crippen molar-refractivity contribution in [2.45, 2.75) is 0 Å². The van der Waals surface area contributed by atoms with Crippen LogP contribution >= 0.6 is 23.2 Å². The van der Waals surface area contributed by atoms with Gasteiger partial charge in [-0.2, -0.15) is 0 Å². The summed E-state index contributed by atoms with van der Waals surface area (Å²) in [6.07, 6.45) is 0. The average molecular weight is 285 g/mol. The van der Waals surface area contributed by atoms with E-state index < -0.39 is 17.3 Å². The van der Waals surface area contributed by atoms with Crippen LogP contribution in [0.1, 0.15) is 10.4 Å². The Kier molecular flexibility index (Phi) is 3.55. The maximum atomic E-state index is 14.0. The fourth-order valence-corrected chi connectivity index (χ4v) is 2.02. The normalized spacial score (nSPS) is 10.4. The summed E-state index contributed by atoms with van der Waals surface area (Å²) in [6.45, 7) is 0. The van der Waals surface area contributed by atoms with Crippen molar-refractivity contribution in [3.05, 3.63) is 57.8 Å². The summed E-state index contributed by atoms with van der Waals surface area (Å²) in [6, 6.07) is 8.89. The van der Waals surface area contributed by atoms with Gasteiger partial charge >= 0.3 is 5.97 Å². The van der Waals surface area contributed by atoms with Crippen LogP contribution in [-0.2, 0) is 0 Å². The maximum Gasteiger partial charge on any atom is 0.338 e. The minimum absolute atomic E-state index is 0.113. The van der Waals surface area contributed by atoms with Crippen LogP contribution in [0.3, 0.4) is 0 Å². The van der Waals surface area contributed by atoms with Crippen LogP contribution < -0.4 is 0 Å². The van der Waals surface area contributed by atoms with E-state index in [4.69, 9.17) is 28.3 Å². The minimum Gasteiger partial charge on any atom is -0.478 e. The van der Waals surface area contributed by atoms with Crippen molar-refractivity contribution in [1.29, 1.82) is 0 Å². The predicted octanol–water partition coefficient (Wildman–Crippen LogP) is 4.50. The third-order valence-corrected chi connectivity index (χ3v) is 3.29. The molecule has 0 aromatic heterocycles. The minimum atomic E-state index is -1.33. The first-order valence-electron chi connectivity index (χ1n) is 4.98. The lowest BCUT2D eigenvalue weighted by Gasteiger charge is -2.08. The van der Waals surface area contributed by atoms with Gasteiger partial charge in [0.25, 0.3) is 0 Å². The van der Waals surface area contributed by atoms with E-state index in [0.717, 1.165) is 0 Å². The second-order valence-corrected chi connectivity index (χ2v) is 4.36. The standard InChI is InChI=1S/C13H7Cl2FO2/c14-10-6-2-3-7(11(10)15)8-4-1-5-9(12(8)16)13(17)18/h1-6H,(H,17,18). The Bertz CT molecular complexity index is 626. The van der Waals surface area contributed by atoms with Gasteiger partial charge in [-0.1, -0.05) is 47.5 Å². The molecule has 0 aliphatic carbocycles. The van der Waals surface area contributed by atoms with Crippen molar-refractivity contribution in [3.8, 4) is 11.1 Å². The van der Waals surface area contributed by atoms with Crippen molar-refractivity contribution >= 4 is 29.2 Å². The molecular weight excluding hydrogens is 278 g/mol.